The minimum absolute atomic E-state index is 0.790. The molecule has 0 unspecified atom stereocenters. The topological polar surface area (TPSA) is 47.3 Å². The number of fused-ring (bicyclic) bond motifs is 1. The molecule has 0 fully saturated rings. The lowest BCUT2D eigenvalue weighted by atomic mass is 10.0. The Labute approximate surface area is 103 Å². The Morgan fingerprint density at radius 2 is 2.24 bits per heavy atom. The van der Waals surface area contributed by atoms with Crippen LogP contribution in [0.2, 0.25) is 0 Å². The lowest BCUT2D eigenvalue weighted by molar-refractivity contribution is 0.288. The Hall–Kier alpha value is -1.06. The summed E-state index contributed by atoms with van der Waals surface area (Å²) in [4.78, 5) is 0. The highest BCUT2D eigenvalue weighted by Gasteiger charge is 2.09. The molecule has 2 rings (SSSR count). The summed E-state index contributed by atoms with van der Waals surface area (Å²) in [7, 11) is 0. The van der Waals surface area contributed by atoms with E-state index in [4.69, 9.17) is 10.5 Å². The van der Waals surface area contributed by atoms with E-state index in [9.17, 15) is 0 Å². The van der Waals surface area contributed by atoms with Gasteiger partial charge in [0.2, 0.25) is 0 Å². The molecule has 1 heterocycles. The normalized spacial score (nSPS) is 14.2. The Morgan fingerprint density at radius 3 is 3.12 bits per heavy atom. The maximum Gasteiger partial charge on any atom is 0.122 e. The van der Waals surface area contributed by atoms with Crippen molar-refractivity contribution in [2.75, 3.05) is 19.7 Å². The third kappa shape index (κ3) is 3.72. The molecular formula is C14H22N2O. The first-order valence-corrected chi connectivity index (χ1v) is 6.55. The third-order valence-electron chi connectivity index (χ3n) is 3.11. The van der Waals surface area contributed by atoms with E-state index in [1.807, 2.05) is 0 Å². The van der Waals surface area contributed by atoms with Crippen molar-refractivity contribution in [2.24, 2.45) is 5.73 Å². The van der Waals surface area contributed by atoms with Gasteiger partial charge in [-0.3, -0.25) is 0 Å². The van der Waals surface area contributed by atoms with Gasteiger partial charge < -0.3 is 15.8 Å². The van der Waals surface area contributed by atoms with Crippen molar-refractivity contribution in [3.8, 4) is 5.75 Å². The molecule has 1 aromatic rings. The van der Waals surface area contributed by atoms with E-state index in [2.05, 4.69) is 23.5 Å². The van der Waals surface area contributed by atoms with E-state index in [1.165, 1.54) is 11.1 Å². The second kappa shape index (κ2) is 6.62. The van der Waals surface area contributed by atoms with Crippen molar-refractivity contribution in [2.45, 2.75) is 32.2 Å². The number of unbranched alkanes of at least 4 members (excludes halogenated alkanes) is 1. The van der Waals surface area contributed by atoms with Crippen LogP contribution in [0.5, 0.6) is 5.75 Å². The van der Waals surface area contributed by atoms with Crippen LogP contribution in [-0.4, -0.2) is 19.7 Å². The zero-order chi connectivity index (χ0) is 11.9. The van der Waals surface area contributed by atoms with Crippen LogP contribution in [0, 0.1) is 0 Å². The summed E-state index contributed by atoms with van der Waals surface area (Å²) in [6.45, 7) is 3.64. The van der Waals surface area contributed by atoms with E-state index in [-0.39, 0.29) is 0 Å². The minimum atomic E-state index is 0.790. The number of ether oxygens (including phenoxy) is 1. The van der Waals surface area contributed by atoms with Crippen molar-refractivity contribution >= 4 is 0 Å². The molecule has 0 bridgehead atoms. The summed E-state index contributed by atoms with van der Waals surface area (Å²) in [6, 6.07) is 6.52. The molecule has 3 heteroatoms. The molecule has 0 spiro atoms. The van der Waals surface area contributed by atoms with E-state index >= 15 is 0 Å². The molecular weight excluding hydrogens is 212 g/mol. The van der Waals surface area contributed by atoms with Crippen LogP contribution < -0.4 is 15.8 Å². The first kappa shape index (κ1) is 12.4. The van der Waals surface area contributed by atoms with Gasteiger partial charge in [0.15, 0.2) is 0 Å². The van der Waals surface area contributed by atoms with Gasteiger partial charge in [0.05, 0.1) is 6.61 Å². The number of rotatable bonds is 6. The molecule has 0 aromatic heterocycles. The average Bonchev–Trinajstić information content (AvgIpc) is 2.38. The Bertz CT molecular complexity index is 352. The fourth-order valence-electron chi connectivity index (χ4n) is 2.15. The smallest absolute Gasteiger partial charge is 0.122 e. The van der Waals surface area contributed by atoms with Crippen LogP contribution in [0.1, 0.15) is 30.4 Å². The maximum atomic E-state index is 5.60. The Balaban J connectivity index is 1.81. The SMILES string of the molecule is NCCCCNCc1ccc2c(c1)CCCO2. The molecule has 1 aliphatic heterocycles. The highest BCUT2D eigenvalue weighted by Crippen LogP contribution is 2.25. The van der Waals surface area contributed by atoms with Crippen LogP contribution >= 0.6 is 0 Å². The molecule has 0 atom stereocenters. The van der Waals surface area contributed by atoms with Gasteiger partial charge in [0.1, 0.15) is 5.75 Å². The molecule has 0 saturated carbocycles. The fourth-order valence-corrected chi connectivity index (χ4v) is 2.15. The summed E-state index contributed by atoms with van der Waals surface area (Å²) in [5.41, 5.74) is 8.16. The number of nitrogens with one attached hydrogen (secondary N) is 1. The summed E-state index contributed by atoms with van der Waals surface area (Å²) in [5.74, 6) is 1.07. The van der Waals surface area contributed by atoms with Gasteiger partial charge in [-0.15, -0.1) is 0 Å². The lowest BCUT2D eigenvalue weighted by Gasteiger charge is -2.18. The standard InChI is InChI=1S/C14H22N2O/c15-7-1-2-8-16-11-12-5-6-14-13(10-12)4-3-9-17-14/h5-6,10,16H,1-4,7-9,11,15H2. The van der Waals surface area contributed by atoms with E-state index < -0.39 is 0 Å². The van der Waals surface area contributed by atoms with Crippen molar-refractivity contribution in [3.05, 3.63) is 29.3 Å². The first-order chi connectivity index (χ1) is 8.40. The largest absolute Gasteiger partial charge is 0.493 e. The highest BCUT2D eigenvalue weighted by molar-refractivity contribution is 5.38. The van der Waals surface area contributed by atoms with Crippen molar-refractivity contribution in [1.29, 1.82) is 0 Å². The van der Waals surface area contributed by atoms with Crippen LogP contribution in [0.25, 0.3) is 0 Å². The molecule has 1 aromatic carbocycles. The van der Waals surface area contributed by atoms with E-state index in [1.54, 1.807) is 0 Å². The molecule has 3 nitrogen and oxygen atoms in total. The molecule has 0 aliphatic carbocycles. The van der Waals surface area contributed by atoms with Crippen LogP contribution in [0.4, 0.5) is 0 Å². The predicted molar refractivity (Wildman–Crippen MR) is 70.3 cm³/mol. The zero-order valence-electron chi connectivity index (χ0n) is 10.4. The van der Waals surface area contributed by atoms with Crippen molar-refractivity contribution in [3.63, 3.8) is 0 Å². The van der Waals surface area contributed by atoms with Gasteiger partial charge in [0.25, 0.3) is 0 Å². The highest BCUT2D eigenvalue weighted by atomic mass is 16.5. The predicted octanol–water partition coefficient (Wildman–Crippen LogP) is 1.84. The number of benzene rings is 1. The first-order valence-electron chi connectivity index (χ1n) is 6.55. The Kier molecular flexibility index (Phi) is 4.83. The number of nitrogens with two attached hydrogens (primary N) is 1. The zero-order valence-corrected chi connectivity index (χ0v) is 10.4. The van der Waals surface area contributed by atoms with Gasteiger partial charge in [-0.25, -0.2) is 0 Å². The summed E-state index contributed by atoms with van der Waals surface area (Å²) >= 11 is 0. The molecule has 1 aliphatic rings. The van der Waals surface area contributed by atoms with Crippen molar-refractivity contribution < 1.29 is 4.74 Å². The number of aryl methyl sites for hydroxylation is 1. The van der Waals surface area contributed by atoms with Gasteiger partial charge in [0, 0.05) is 6.54 Å². The molecule has 94 valence electrons. The van der Waals surface area contributed by atoms with E-state index in [0.29, 0.717) is 0 Å². The molecule has 0 radical (unpaired) electrons. The van der Waals surface area contributed by atoms with Crippen molar-refractivity contribution in [1.82, 2.24) is 5.32 Å². The average molecular weight is 234 g/mol. The second-order valence-corrected chi connectivity index (χ2v) is 4.57. The van der Waals surface area contributed by atoms with Crippen LogP contribution in [0.15, 0.2) is 18.2 Å². The lowest BCUT2D eigenvalue weighted by Crippen LogP contribution is -2.16. The number of hydrogen-bond donors (Lipinski definition) is 2. The molecule has 0 saturated heterocycles. The second-order valence-electron chi connectivity index (χ2n) is 4.57. The van der Waals surface area contributed by atoms with Crippen LogP contribution in [0.3, 0.4) is 0 Å². The van der Waals surface area contributed by atoms with Crippen LogP contribution in [-0.2, 0) is 13.0 Å². The summed E-state index contributed by atoms with van der Waals surface area (Å²) in [6.07, 6.45) is 4.55. The monoisotopic (exact) mass is 234 g/mol. The molecule has 17 heavy (non-hydrogen) atoms. The summed E-state index contributed by atoms with van der Waals surface area (Å²) in [5, 5.41) is 3.45. The van der Waals surface area contributed by atoms with Gasteiger partial charge in [-0.2, -0.15) is 0 Å². The third-order valence-corrected chi connectivity index (χ3v) is 3.11. The molecule has 0 amide bonds. The van der Waals surface area contributed by atoms with Gasteiger partial charge in [-0.05, 0) is 56.0 Å². The Morgan fingerprint density at radius 1 is 1.29 bits per heavy atom. The summed E-state index contributed by atoms with van der Waals surface area (Å²) < 4.78 is 5.60. The van der Waals surface area contributed by atoms with Gasteiger partial charge in [-0.1, -0.05) is 12.1 Å². The van der Waals surface area contributed by atoms with E-state index in [0.717, 1.165) is 57.7 Å². The quantitative estimate of drug-likeness (QED) is 0.738. The fraction of sp³-hybridized carbons (Fsp3) is 0.571. The maximum absolute atomic E-state index is 5.60. The number of hydrogen-bond acceptors (Lipinski definition) is 3. The van der Waals surface area contributed by atoms with Gasteiger partial charge >= 0.3 is 0 Å². The minimum Gasteiger partial charge on any atom is -0.493 e. The molecule has 3 N–H and O–H groups in total.